The van der Waals surface area contributed by atoms with Crippen LogP contribution in [0, 0.1) is 46.8 Å². The lowest BCUT2D eigenvalue weighted by Gasteiger charge is -2.51. The van der Waals surface area contributed by atoms with Gasteiger partial charge in [0.2, 0.25) is 17.6 Å². The highest BCUT2D eigenvalue weighted by Gasteiger charge is 2.77. The highest BCUT2D eigenvalue weighted by molar-refractivity contribution is 6.58. The molecule has 4 amide bonds. The first kappa shape index (κ1) is 32.0. The molecule has 244 valence electrons. The number of phenolic OH excluding ortho intramolecular Hbond substituents is 1. The van der Waals surface area contributed by atoms with Crippen LogP contribution in [0.15, 0.2) is 23.8 Å². The van der Waals surface area contributed by atoms with E-state index in [9.17, 15) is 37.5 Å². The third-order valence-electron chi connectivity index (χ3n) is 9.45. The number of benzene rings is 2. The Morgan fingerprint density at radius 1 is 0.870 bits per heavy atom. The molecule has 46 heavy (non-hydrogen) atoms. The number of carbonyl (C=O) groups is 4. The molecule has 9 nitrogen and oxygen atoms in total. The van der Waals surface area contributed by atoms with Crippen LogP contribution < -0.4 is 14.4 Å². The molecule has 6 atom stereocenters. The van der Waals surface area contributed by atoms with Crippen molar-refractivity contribution in [2.45, 2.75) is 35.4 Å². The van der Waals surface area contributed by atoms with Crippen LogP contribution in [-0.4, -0.2) is 64.1 Å². The van der Waals surface area contributed by atoms with Gasteiger partial charge in [0.25, 0.3) is 11.8 Å². The number of imide groups is 2. The van der Waals surface area contributed by atoms with Crippen molar-refractivity contribution in [3.63, 3.8) is 0 Å². The molecule has 2 aromatic rings. The fourth-order valence-electron chi connectivity index (χ4n) is 7.47. The Hall–Kier alpha value is -3.91. The van der Waals surface area contributed by atoms with E-state index in [0.717, 1.165) is 17.0 Å². The standard InChI is InChI=1S/C30H23Cl2F5N2O7/c1-4-38-25(41)12-6-5-11-13(16(12)26(38)42)9-29(31)27(43)39(24-22(36)20(34)19(33)21(35)23(24)37)28(44)30(29,32)18(11)17-14(45-2)7-10(40)8-15(17)46-3/h5,7-8,12-13,16,18,40H,4,6,9H2,1-3H3. The van der Waals surface area contributed by atoms with E-state index in [1.54, 1.807) is 13.0 Å². The average Bonchev–Trinajstić information content (AvgIpc) is 3.36. The minimum atomic E-state index is -2.77. The zero-order chi connectivity index (χ0) is 33.8. The molecular weight excluding hydrogens is 666 g/mol. The predicted molar refractivity (Wildman–Crippen MR) is 150 cm³/mol. The Morgan fingerprint density at radius 3 is 1.93 bits per heavy atom. The van der Waals surface area contributed by atoms with Crippen molar-refractivity contribution >= 4 is 52.5 Å². The van der Waals surface area contributed by atoms with E-state index in [1.807, 2.05) is 0 Å². The van der Waals surface area contributed by atoms with Crippen LogP contribution in [-0.2, 0) is 19.2 Å². The number of methoxy groups -OCH3 is 2. The first-order valence-corrected chi connectivity index (χ1v) is 14.7. The van der Waals surface area contributed by atoms with Crippen LogP contribution in [0.2, 0.25) is 0 Å². The van der Waals surface area contributed by atoms with Crippen molar-refractivity contribution in [1.29, 1.82) is 0 Å². The fraction of sp³-hybridized carbons (Fsp3) is 0.400. The Kier molecular flexibility index (Phi) is 7.36. The fourth-order valence-corrected chi connectivity index (χ4v) is 8.39. The number of hydrogen-bond acceptors (Lipinski definition) is 7. The van der Waals surface area contributed by atoms with Gasteiger partial charge in [0.15, 0.2) is 33.0 Å². The minimum Gasteiger partial charge on any atom is -0.508 e. The summed E-state index contributed by atoms with van der Waals surface area (Å²) < 4.78 is 84.0. The smallest absolute Gasteiger partial charge is 0.258 e. The number of carbonyl (C=O) groups excluding carboxylic acids is 4. The number of aromatic hydroxyl groups is 1. The summed E-state index contributed by atoms with van der Waals surface area (Å²) in [6, 6.07) is 2.24. The molecule has 6 unspecified atom stereocenters. The van der Waals surface area contributed by atoms with Crippen molar-refractivity contribution in [2.24, 2.45) is 17.8 Å². The Balaban J connectivity index is 1.67. The lowest BCUT2D eigenvalue weighted by atomic mass is 9.56. The maximum atomic E-state index is 15.2. The van der Waals surface area contributed by atoms with Crippen molar-refractivity contribution in [2.75, 3.05) is 25.7 Å². The largest absolute Gasteiger partial charge is 0.508 e. The molecule has 0 bridgehead atoms. The number of anilines is 1. The zero-order valence-electron chi connectivity index (χ0n) is 24.1. The maximum Gasteiger partial charge on any atom is 0.258 e. The summed E-state index contributed by atoms with van der Waals surface area (Å²) in [4.78, 5) is 50.7. The van der Waals surface area contributed by atoms with E-state index in [0.29, 0.717) is 0 Å². The number of alkyl halides is 2. The molecule has 0 spiro atoms. The number of rotatable bonds is 5. The van der Waals surface area contributed by atoms with E-state index < -0.39 is 98.2 Å². The molecule has 3 fully saturated rings. The van der Waals surface area contributed by atoms with Crippen molar-refractivity contribution in [3.05, 3.63) is 58.4 Å². The summed E-state index contributed by atoms with van der Waals surface area (Å²) in [5, 5.41) is 10.3. The Bertz CT molecular complexity index is 1750. The summed E-state index contributed by atoms with van der Waals surface area (Å²) in [5.41, 5.74) is -1.75. The van der Waals surface area contributed by atoms with Gasteiger partial charge >= 0.3 is 0 Å². The lowest BCUT2D eigenvalue weighted by molar-refractivity contribution is -0.140. The van der Waals surface area contributed by atoms with E-state index in [4.69, 9.17) is 32.7 Å². The van der Waals surface area contributed by atoms with Gasteiger partial charge in [0.1, 0.15) is 22.9 Å². The van der Waals surface area contributed by atoms with Crippen LogP contribution in [0.1, 0.15) is 31.2 Å². The quantitative estimate of drug-likeness (QED) is 0.121. The molecule has 0 radical (unpaired) electrons. The molecule has 0 aromatic heterocycles. The van der Waals surface area contributed by atoms with Gasteiger partial charge in [-0.2, -0.15) is 0 Å². The number of hydrogen-bond donors (Lipinski definition) is 1. The Labute approximate surface area is 267 Å². The summed E-state index contributed by atoms with van der Waals surface area (Å²) in [6.07, 6.45) is 0.895. The number of allylic oxidation sites excluding steroid dienone is 2. The molecule has 16 heteroatoms. The zero-order valence-corrected chi connectivity index (χ0v) is 25.6. The molecule has 2 aliphatic heterocycles. The third kappa shape index (κ3) is 3.79. The molecule has 4 aliphatic rings. The van der Waals surface area contributed by atoms with E-state index in [1.165, 1.54) is 14.2 Å². The number of likely N-dealkylation sites (tertiary alicyclic amines) is 1. The number of nitrogens with zero attached hydrogens (tertiary/aromatic N) is 2. The van der Waals surface area contributed by atoms with Gasteiger partial charge in [0, 0.05) is 30.2 Å². The van der Waals surface area contributed by atoms with Gasteiger partial charge in [-0.25, -0.2) is 26.9 Å². The van der Waals surface area contributed by atoms with Crippen LogP contribution in [0.5, 0.6) is 17.2 Å². The molecular formula is C30H23Cl2F5N2O7. The number of phenols is 1. The number of halogens is 7. The number of amides is 4. The van der Waals surface area contributed by atoms with E-state index in [2.05, 4.69) is 0 Å². The van der Waals surface area contributed by atoms with E-state index >= 15 is 8.78 Å². The molecule has 1 saturated carbocycles. The average molecular weight is 689 g/mol. The highest BCUT2D eigenvalue weighted by Crippen LogP contribution is 2.67. The summed E-state index contributed by atoms with van der Waals surface area (Å²) in [5.74, 6) is -22.0. The molecule has 2 aliphatic carbocycles. The SMILES string of the molecule is CCN1C(=O)C2CC=C3C(CC4(Cl)C(=O)N(c5c(F)c(F)c(F)c(F)c5F)C(=O)C4(Cl)C3c3c(OC)cc(O)cc3OC)C2C1=O. The Morgan fingerprint density at radius 2 is 1.41 bits per heavy atom. The van der Waals surface area contributed by atoms with Crippen LogP contribution in [0.3, 0.4) is 0 Å². The summed E-state index contributed by atoms with van der Waals surface area (Å²) in [7, 11) is 2.39. The summed E-state index contributed by atoms with van der Waals surface area (Å²) in [6.45, 7) is 1.62. The van der Waals surface area contributed by atoms with Gasteiger partial charge in [-0.1, -0.05) is 11.6 Å². The van der Waals surface area contributed by atoms with Crippen LogP contribution >= 0.6 is 23.2 Å². The summed E-state index contributed by atoms with van der Waals surface area (Å²) >= 11 is 14.2. The van der Waals surface area contributed by atoms with Crippen molar-refractivity contribution < 1.29 is 55.7 Å². The van der Waals surface area contributed by atoms with Gasteiger partial charge < -0.3 is 14.6 Å². The second kappa shape index (κ2) is 10.6. The number of ether oxygens (including phenoxy) is 2. The van der Waals surface area contributed by atoms with Gasteiger partial charge in [0.05, 0.1) is 26.1 Å². The van der Waals surface area contributed by atoms with Gasteiger partial charge in [-0.15, -0.1) is 23.2 Å². The van der Waals surface area contributed by atoms with Crippen molar-refractivity contribution in [3.8, 4) is 17.2 Å². The first-order chi connectivity index (χ1) is 21.6. The maximum absolute atomic E-state index is 15.2. The predicted octanol–water partition coefficient (Wildman–Crippen LogP) is 4.69. The normalized spacial score (nSPS) is 30.3. The monoisotopic (exact) mass is 688 g/mol. The molecule has 2 heterocycles. The third-order valence-corrected chi connectivity index (χ3v) is 10.9. The topological polar surface area (TPSA) is 113 Å². The molecule has 6 rings (SSSR count). The molecule has 1 N–H and O–H groups in total. The highest BCUT2D eigenvalue weighted by atomic mass is 35.5. The van der Waals surface area contributed by atoms with Gasteiger partial charge in [-0.3, -0.25) is 24.1 Å². The molecule has 2 aromatic carbocycles. The lowest BCUT2D eigenvalue weighted by Crippen LogP contribution is -2.60. The second-order valence-electron chi connectivity index (χ2n) is 11.4. The molecule has 2 saturated heterocycles. The number of fused-ring (bicyclic) bond motifs is 4. The van der Waals surface area contributed by atoms with Crippen LogP contribution in [0.25, 0.3) is 0 Å². The second-order valence-corrected chi connectivity index (χ2v) is 12.6. The minimum absolute atomic E-state index is 0.0114. The van der Waals surface area contributed by atoms with Gasteiger partial charge in [-0.05, 0) is 25.7 Å². The van der Waals surface area contributed by atoms with Crippen molar-refractivity contribution in [1.82, 2.24) is 4.90 Å². The van der Waals surface area contributed by atoms with Crippen LogP contribution in [0.4, 0.5) is 27.6 Å². The first-order valence-electron chi connectivity index (χ1n) is 13.9. The van der Waals surface area contributed by atoms with E-state index in [-0.39, 0.29) is 46.3 Å².